The number of benzene rings is 10. The predicted molar refractivity (Wildman–Crippen MR) is 384 cm³/mol. The number of hydrogen-bond acceptors (Lipinski definition) is 10. The fourth-order valence-corrected chi connectivity index (χ4v) is 10.8. The lowest BCUT2D eigenvalue weighted by Gasteiger charge is -2.02. The molecule has 10 aromatic carbocycles. The summed E-state index contributed by atoms with van der Waals surface area (Å²) in [6.07, 6.45) is 0. The summed E-state index contributed by atoms with van der Waals surface area (Å²) in [5.41, 5.74) is 18.3. The van der Waals surface area contributed by atoms with E-state index in [4.69, 9.17) is 11.6 Å². The molecule has 0 saturated heterocycles. The standard InChI is InChI=1S/C17H16N2O.C16H12ClFN2O.C16H12F2N2O.C16H13FN2O.C15H11FN2O/c1-11-4-3-5-13(8-11)15-10-16(19-18-15)14-7-6-12(2)9-17(14)20;1-9-2-5-16(21)12(6-9)15-8-14(19-20-15)11-7-10(17)3-4-13(11)18;1-9-2-5-16(21)11(6-9)15-8-14(19-20-15)10-3-4-12(17)13(18)7-10;1-10-5-6-16(20)13(7-10)15-9-14(18-19-15)11-3-2-4-12(17)8-11;16-11-5-3-4-10(8-11)13-9-14(18-17-13)12-6-1-2-7-15(12)19/h3-10,20H,1-2H3,(H,18,19);2*2-8,21H,1H3,(H,19,20);2-9,20H,1H3,(H,18,19);1-9,19H,(H,17,18). The second-order valence-electron chi connectivity index (χ2n) is 23.6. The van der Waals surface area contributed by atoms with Crippen molar-refractivity contribution >= 4 is 11.6 Å². The van der Waals surface area contributed by atoms with Gasteiger partial charge >= 0.3 is 0 Å². The Kier molecular flexibility index (Phi) is 21.4. The largest absolute Gasteiger partial charge is 0.507 e. The third-order valence-electron chi connectivity index (χ3n) is 15.8. The van der Waals surface area contributed by atoms with Crippen molar-refractivity contribution in [1.29, 1.82) is 0 Å². The number of aromatic amines is 5. The Balaban J connectivity index is 0.000000127. The molecule has 5 aromatic heterocycles. The zero-order valence-corrected chi connectivity index (χ0v) is 55.5. The van der Waals surface area contributed by atoms with E-state index < -0.39 is 11.6 Å². The first-order valence-electron chi connectivity index (χ1n) is 31.3. The van der Waals surface area contributed by atoms with Gasteiger partial charge in [0, 0.05) is 60.7 Å². The summed E-state index contributed by atoms with van der Waals surface area (Å²) in [5, 5.41) is 85.1. The lowest BCUT2D eigenvalue weighted by Crippen LogP contribution is -1.85. The number of nitrogens with zero attached hydrogens (tertiary/aromatic N) is 5. The van der Waals surface area contributed by atoms with Gasteiger partial charge < -0.3 is 25.5 Å². The van der Waals surface area contributed by atoms with Gasteiger partial charge in [0.2, 0.25) is 0 Å². The zero-order chi connectivity index (χ0) is 71.4. The Morgan fingerprint density at radius 3 is 1.12 bits per heavy atom. The van der Waals surface area contributed by atoms with Crippen LogP contribution in [0.25, 0.3) is 113 Å². The van der Waals surface area contributed by atoms with E-state index in [0.29, 0.717) is 95.1 Å². The highest BCUT2D eigenvalue weighted by Crippen LogP contribution is 2.37. The quantitative estimate of drug-likeness (QED) is 0.0581. The topological polar surface area (TPSA) is 245 Å². The van der Waals surface area contributed by atoms with Crippen LogP contribution in [0.2, 0.25) is 5.02 Å². The van der Waals surface area contributed by atoms with Gasteiger partial charge in [-0.25, -0.2) is 22.0 Å². The molecule has 0 saturated carbocycles. The van der Waals surface area contributed by atoms with Crippen molar-refractivity contribution in [2.45, 2.75) is 34.6 Å². The van der Waals surface area contributed by atoms with E-state index in [1.54, 1.807) is 97.1 Å². The number of rotatable bonds is 10. The Morgan fingerprint density at radius 1 is 0.257 bits per heavy atom. The van der Waals surface area contributed by atoms with Gasteiger partial charge in [0.25, 0.3) is 0 Å². The summed E-state index contributed by atoms with van der Waals surface area (Å²) >= 11 is 5.90. The van der Waals surface area contributed by atoms with Crippen molar-refractivity contribution in [2.75, 3.05) is 0 Å². The Labute approximate surface area is 581 Å². The summed E-state index contributed by atoms with van der Waals surface area (Å²) in [5.74, 6) is -1.92. The number of phenolic OH excluding ortho intramolecular Hbond substituents is 5. The van der Waals surface area contributed by atoms with Crippen LogP contribution < -0.4 is 0 Å². The average Bonchev–Trinajstić information content (AvgIpc) is 1.73. The molecule has 15 aromatic rings. The number of hydrogen-bond donors (Lipinski definition) is 10. The van der Waals surface area contributed by atoms with Gasteiger partial charge in [-0.2, -0.15) is 25.5 Å². The summed E-state index contributed by atoms with van der Waals surface area (Å²) < 4.78 is 66.4. The molecule has 0 aliphatic rings. The van der Waals surface area contributed by atoms with E-state index in [1.165, 1.54) is 54.1 Å². The molecular weight excluding hydrogens is 1310 g/mol. The van der Waals surface area contributed by atoms with Crippen LogP contribution in [0.4, 0.5) is 22.0 Å². The Morgan fingerprint density at radius 2 is 0.634 bits per heavy atom. The minimum atomic E-state index is -0.921. The third-order valence-corrected chi connectivity index (χ3v) is 16.1. The molecule has 0 unspecified atom stereocenters. The van der Waals surface area contributed by atoms with Gasteiger partial charge in [-0.15, -0.1) is 0 Å². The van der Waals surface area contributed by atoms with E-state index in [2.05, 4.69) is 70.0 Å². The van der Waals surface area contributed by atoms with Crippen LogP contribution >= 0.6 is 11.6 Å². The van der Waals surface area contributed by atoms with E-state index >= 15 is 0 Å². The molecule has 0 atom stereocenters. The molecule has 15 nitrogen and oxygen atoms in total. The van der Waals surface area contributed by atoms with Crippen molar-refractivity contribution in [1.82, 2.24) is 51.0 Å². The van der Waals surface area contributed by atoms with Crippen LogP contribution in [0.1, 0.15) is 27.8 Å². The maximum Gasteiger partial charge on any atom is 0.159 e. The van der Waals surface area contributed by atoms with E-state index in [0.717, 1.165) is 56.9 Å². The molecule has 21 heteroatoms. The molecule has 0 bridgehead atoms. The second-order valence-corrected chi connectivity index (χ2v) is 24.0. The monoisotopic (exact) mass is 1370 g/mol. The molecule has 0 aliphatic carbocycles. The number of aromatic hydroxyl groups is 5. The molecule has 10 N–H and O–H groups in total. The molecule has 0 amide bonds. The number of H-pyrrole nitrogens is 5. The minimum Gasteiger partial charge on any atom is -0.507 e. The summed E-state index contributed by atoms with van der Waals surface area (Å²) in [4.78, 5) is 0. The number of aromatic nitrogens is 10. The normalized spacial score (nSPS) is 10.7. The van der Waals surface area contributed by atoms with Crippen LogP contribution in [-0.4, -0.2) is 76.5 Å². The first-order valence-corrected chi connectivity index (χ1v) is 31.7. The van der Waals surface area contributed by atoms with Gasteiger partial charge in [-0.3, -0.25) is 25.5 Å². The Bertz CT molecular complexity index is 5350. The van der Waals surface area contributed by atoms with Crippen molar-refractivity contribution in [3.8, 4) is 141 Å². The first-order chi connectivity index (χ1) is 48.6. The molecule has 0 aliphatic heterocycles. The van der Waals surface area contributed by atoms with Gasteiger partial charge in [0.15, 0.2) is 11.6 Å². The minimum absolute atomic E-state index is 0.126. The van der Waals surface area contributed by atoms with Crippen LogP contribution in [0.15, 0.2) is 237 Å². The van der Waals surface area contributed by atoms with E-state index in [1.807, 2.05) is 94.4 Å². The molecule has 101 heavy (non-hydrogen) atoms. The maximum atomic E-state index is 13.9. The number of nitrogens with one attached hydrogen (secondary N) is 5. The highest BCUT2D eigenvalue weighted by molar-refractivity contribution is 6.30. The van der Waals surface area contributed by atoms with Crippen molar-refractivity contribution in [3.05, 3.63) is 299 Å². The molecule has 15 rings (SSSR count). The van der Waals surface area contributed by atoms with Crippen LogP contribution in [0.5, 0.6) is 28.7 Å². The van der Waals surface area contributed by atoms with Crippen molar-refractivity contribution in [3.63, 3.8) is 0 Å². The average molecular weight is 1380 g/mol. The smallest absolute Gasteiger partial charge is 0.159 e. The van der Waals surface area contributed by atoms with Crippen molar-refractivity contribution in [2.24, 2.45) is 0 Å². The molecule has 506 valence electrons. The highest BCUT2D eigenvalue weighted by Gasteiger charge is 2.17. The van der Waals surface area contributed by atoms with Gasteiger partial charge in [-0.05, 0) is 198 Å². The molecule has 5 heterocycles. The maximum absolute atomic E-state index is 13.9. The van der Waals surface area contributed by atoms with Crippen LogP contribution in [-0.2, 0) is 0 Å². The van der Waals surface area contributed by atoms with Crippen molar-refractivity contribution < 1.29 is 47.5 Å². The first kappa shape index (κ1) is 69.5. The van der Waals surface area contributed by atoms with Crippen LogP contribution in [0, 0.1) is 63.7 Å². The van der Waals surface area contributed by atoms with Gasteiger partial charge in [-0.1, -0.05) is 113 Å². The van der Waals surface area contributed by atoms with Crippen LogP contribution in [0.3, 0.4) is 0 Å². The van der Waals surface area contributed by atoms with E-state index in [-0.39, 0.29) is 46.2 Å². The lowest BCUT2D eigenvalue weighted by atomic mass is 10.1. The summed E-state index contributed by atoms with van der Waals surface area (Å²) in [7, 11) is 0. The summed E-state index contributed by atoms with van der Waals surface area (Å²) in [6, 6.07) is 65.9. The molecule has 0 fully saturated rings. The highest BCUT2D eigenvalue weighted by atomic mass is 35.5. The number of para-hydroxylation sites is 1. The third kappa shape index (κ3) is 17.3. The Hall–Kier alpha value is -12.8. The SMILES string of the molecule is Cc1ccc(O)c(-c2cc(-c3cc(Cl)ccc3F)[nH]n2)c1.Cc1ccc(O)c(-c2cc(-c3ccc(F)c(F)c3)n[nH]2)c1.Cc1ccc(O)c(-c2cc(-c3cccc(F)c3)n[nH]2)c1.Cc1cccc(-c2cc(-c3ccc(C)cc3O)[nH]n2)c1.Oc1ccccc1-c1cc(-c2cccc(F)c2)n[nH]1. The lowest BCUT2D eigenvalue weighted by molar-refractivity contribution is 0.476. The summed E-state index contributed by atoms with van der Waals surface area (Å²) in [6.45, 7) is 9.80. The number of phenols is 5. The molecule has 0 spiro atoms. The number of halogens is 6. The molecular formula is C80H64ClF5N10O5. The fraction of sp³-hybridized carbons (Fsp3) is 0.0625. The second kappa shape index (κ2) is 31.2. The zero-order valence-electron chi connectivity index (χ0n) is 54.8. The molecule has 0 radical (unpaired) electrons. The fourth-order valence-electron chi connectivity index (χ4n) is 10.6. The predicted octanol–water partition coefficient (Wildman–Crippen LogP) is 20.1. The van der Waals surface area contributed by atoms with Gasteiger partial charge in [0.1, 0.15) is 46.2 Å². The number of aryl methyl sites for hydroxylation is 5. The van der Waals surface area contributed by atoms with Gasteiger partial charge in [0.05, 0.1) is 56.9 Å². The van der Waals surface area contributed by atoms with E-state index in [9.17, 15) is 47.5 Å².